The summed E-state index contributed by atoms with van der Waals surface area (Å²) in [5, 5.41) is 13.7. The highest BCUT2D eigenvalue weighted by Crippen LogP contribution is 2.28. The number of thiophene rings is 1. The average Bonchev–Trinajstić information content (AvgIpc) is 3.22. The minimum absolute atomic E-state index is 0.450. The molecule has 4 aromatic rings. The summed E-state index contributed by atoms with van der Waals surface area (Å²) in [4.78, 5) is 0. The number of fused-ring (bicyclic) bond motifs is 1. The largest absolute Gasteiger partial charge is 0.489 e. The summed E-state index contributed by atoms with van der Waals surface area (Å²) in [6.07, 6.45) is 0. The van der Waals surface area contributed by atoms with Crippen LogP contribution < -0.4 is 10.5 Å². The number of rotatable bonds is 4. The molecule has 0 bridgehead atoms. The summed E-state index contributed by atoms with van der Waals surface area (Å²) in [6.45, 7) is 0.523. The number of hydrogen-bond acceptors (Lipinski definition) is 5. The maximum absolute atomic E-state index is 5.96. The summed E-state index contributed by atoms with van der Waals surface area (Å²) >= 11 is 1.73. The first-order chi connectivity index (χ1) is 11.3. The van der Waals surface area contributed by atoms with Crippen molar-refractivity contribution in [2.75, 3.05) is 5.73 Å². The highest BCUT2D eigenvalue weighted by Gasteiger charge is 2.08. The average molecular weight is 322 g/mol. The second kappa shape index (κ2) is 5.73. The van der Waals surface area contributed by atoms with Crippen LogP contribution in [0.5, 0.6) is 5.75 Å². The monoisotopic (exact) mass is 322 g/mol. The van der Waals surface area contributed by atoms with E-state index >= 15 is 0 Å². The Hall–Kier alpha value is -2.86. The van der Waals surface area contributed by atoms with Gasteiger partial charge in [-0.2, -0.15) is 0 Å². The summed E-state index contributed by atoms with van der Waals surface area (Å²) in [7, 11) is 0. The van der Waals surface area contributed by atoms with Gasteiger partial charge in [0.15, 0.2) is 0 Å². The highest BCUT2D eigenvalue weighted by molar-refractivity contribution is 7.17. The first-order valence-corrected chi connectivity index (χ1v) is 8.04. The lowest BCUT2D eigenvalue weighted by molar-refractivity contribution is 0.308. The number of H-pyrrole nitrogens is 1. The fourth-order valence-electron chi connectivity index (χ4n) is 2.51. The van der Waals surface area contributed by atoms with Crippen molar-refractivity contribution in [2.45, 2.75) is 6.61 Å². The summed E-state index contributed by atoms with van der Waals surface area (Å²) in [6, 6.07) is 16.1. The number of ether oxygens (including phenoxy) is 1. The predicted octanol–water partition coefficient (Wildman–Crippen LogP) is 3.85. The molecule has 0 aliphatic carbocycles. The van der Waals surface area contributed by atoms with Gasteiger partial charge in [-0.3, -0.25) is 0 Å². The number of nitrogens with one attached hydrogen (secondary N) is 1. The zero-order valence-corrected chi connectivity index (χ0v) is 13.0. The Morgan fingerprint density at radius 2 is 2.04 bits per heavy atom. The number of anilines is 1. The summed E-state index contributed by atoms with van der Waals surface area (Å²) < 4.78 is 7.22. The van der Waals surface area contributed by atoms with Crippen molar-refractivity contribution in [3.63, 3.8) is 0 Å². The molecule has 23 heavy (non-hydrogen) atoms. The van der Waals surface area contributed by atoms with E-state index in [0.29, 0.717) is 18.1 Å². The third-order valence-corrected chi connectivity index (χ3v) is 4.64. The number of benzene rings is 2. The van der Waals surface area contributed by atoms with E-state index in [4.69, 9.17) is 10.5 Å². The topological polar surface area (TPSA) is 76.8 Å². The van der Waals surface area contributed by atoms with Crippen LogP contribution in [0, 0.1) is 0 Å². The van der Waals surface area contributed by atoms with Gasteiger partial charge < -0.3 is 10.5 Å². The predicted molar refractivity (Wildman–Crippen MR) is 92.4 cm³/mol. The number of nitrogens with zero attached hydrogens (tertiary/aromatic N) is 2. The van der Waals surface area contributed by atoms with Gasteiger partial charge in [0.2, 0.25) is 0 Å². The Morgan fingerprint density at radius 3 is 2.91 bits per heavy atom. The van der Waals surface area contributed by atoms with Gasteiger partial charge in [-0.1, -0.05) is 35.5 Å². The second-order valence-electron chi connectivity index (χ2n) is 5.15. The van der Waals surface area contributed by atoms with Crippen LogP contribution in [0.1, 0.15) is 5.56 Å². The number of aromatic amines is 1. The zero-order valence-electron chi connectivity index (χ0n) is 12.2. The lowest BCUT2D eigenvalue weighted by Crippen LogP contribution is -1.96. The fraction of sp³-hybridized carbons (Fsp3) is 0.0588. The molecular weight excluding hydrogens is 308 g/mol. The van der Waals surface area contributed by atoms with Gasteiger partial charge in [-0.25, -0.2) is 5.10 Å². The molecule has 0 atom stereocenters. The number of nitrogens with two attached hydrogens (primary N) is 1. The summed E-state index contributed by atoms with van der Waals surface area (Å²) in [5.41, 5.74) is 8.52. The third kappa shape index (κ3) is 2.64. The van der Waals surface area contributed by atoms with Gasteiger partial charge >= 0.3 is 0 Å². The molecule has 2 heterocycles. The Bertz CT molecular complexity index is 960. The minimum Gasteiger partial charge on any atom is -0.489 e. The molecular formula is C17H14N4OS. The van der Waals surface area contributed by atoms with Gasteiger partial charge in [-0.05, 0) is 29.0 Å². The van der Waals surface area contributed by atoms with Gasteiger partial charge in [0, 0.05) is 15.8 Å². The molecule has 0 saturated heterocycles. The van der Waals surface area contributed by atoms with Crippen LogP contribution in [0.2, 0.25) is 0 Å². The van der Waals surface area contributed by atoms with Crippen molar-refractivity contribution in [1.82, 2.24) is 15.4 Å². The maximum atomic E-state index is 5.96. The Balaban J connectivity index is 1.58. The molecule has 0 spiro atoms. The van der Waals surface area contributed by atoms with Gasteiger partial charge in [-0.15, -0.1) is 16.4 Å². The van der Waals surface area contributed by atoms with Crippen molar-refractivity contribution in [3.8, 4) is 17.0 Å². The molecule has 2 aromatic carbocycles. The molecule has 0 aliphatic rings. The van der Waals surface area contributed by atoms with Crippen LogP contribution in [0.25, 0.3) is 21.3 Å². The van der Waals surface area contributed by atoms with Crippen molar-refractivity contribution in [3.05, 3.63) is 59.5 Å². The molecule has 0 unspecified atom stereocenters. The normalized spacial score (nSPS) is 11.0. The van der Waals surface area contributed by atoms with E-state index < -0.39 is 0 Å². The highest BCUT2D eigenvalue weighted by atomic mass is 32.1. The van der Waals surface area contributed by atoms with Gasteiger partial charge in [0.25, 0.3) is 0 Å². The Labute approximate surface area is 136 Å². The zero-order chi connectivity index (χ0) is 15.6. The molecule has 0 aliphatic heterocycles. The summed E-state index contributed by atoms with van der Waals surface area (Å²) in [5.74, 6) is 1.23. The van der Waals surface area contributed by atoms with Crippen molar-refractivity contribution < 1.29 is 4.74 Å². The molecule has 5 nitrogen and oxygen atoms in total. The molecule has 3 N–H and O–H groups in total. The minimum atomic E-state index is 0.450. The van der Waals surface area contributed by atoms with Crippen LogP contribution in [-0.4, -0.2) is 15.4 Å². The van der Waals surface area contributed by atoms with Gasteiger partial charge in [0.05, 0.1) is 0 Å². The maximum Gasteiger partial charge on any atom is 0.147 e. The van der Waals surface area contributed by atoms with E-state index in [1.54, 1.807) is 11.3 Å². The Morgan fingerprint density at radius 1 is 1.13 bits per heavy atom. The van der Waals surface area contributed by atoms with Crippen LogP contribution in [0.4, 0.5) is 5.82 Å². The molecule has 0 radical (unpaired) electrons. The van der Waals surface area contributed by atoms with Crippen molar-refractivity contribution in [2.24, 2.45) is 0 Å². The van der Waals surface area contributed by atoms with Crippen molar-refractivity contribution >= 4 is 27.2 Å². The van der Waals surface area contributed by atoms with Crippen LogP contribution in [0.15, 0.2) is 53.9 Å². The van der Waals surface area contributed by atoms with E-state index in [0.717, 1.165) is 11.3 Å². The van der Waals surface area contributed by atoms with Crippen LogP contribution >= 0.6 is 11.3 Å². The third-order valence-electron chi connectivity index (χ3n) is 3.64. The van der Waals surface area contributed by atoms with E-state index in [-0.39, 0.29) is 0 Å². The molecule has 4 rings (SSSR count). The first kappa shape index (κ1) is 13.8. The lowest BCUT2D eigenvalue weighted by Gasteiger charge is -2.08. The smallest absolute Gasteiger partial charge is 0.147 e. The van der Waals surface area contributed by atoms with E-state index in [9.17, 15) is 0 Å². The van der Waals surface area contributed by atoms with E-state index in [2.05, 4.69) is 45.1 Å². The number of nitrogen functional groups attached to an aromatic ring is 1. The Kier molecular flexibility index (Phi) is 3.44. The van der Waals surface area contributed by atoms with Crippen molar-refractivity contribution in [1.29, 1.82) is 0 Å². The molecule has 114 valence electrons. The quantitative estimate of drug-likeness (QED) is 0.598. The standard InChI is InChI=1S/C17H14N4OS/c18-17-15(19-21-20-17)12-4-2-6-14(9-12)22-10-13-5-1-3-11-7-8-23-16(11)13/h1-9H,10H2,(H3,18,19,20,21). The second-order valence-corrected chi connectivity index (χ2v) is 6.06. The molecule has 0 amide bonds. The van der Waals surface area contributed by atoms with Gasteiger partial charge in [0.1, 0.15) is 23.9 Å². The SMILES string of the molecule is Nc1[nH]nnc1-c1cccc(OCc2cccc3ccsc23)c1. The lowest BCUT2D eigenvalue weighted by atomic mass is 10.1. The molecule has 0 fully saturated rings. The number of aromatic nitrogens is 3. The fourth-order valence-corrected chi connectivity index (χ4v) is 3.41. The molecule has 0 saturated carbocycles. The van der Waals surface area contributed by atoms with Crippen LogP contribution in [-0.2, 0) is 6.61 Å². The first-order valence-electron chi connectivity index (χ1n) is 7.16. The number of hydrogen-bond donors (Lipinski definition) is 2. The van der Waals surface area contributed by atoms with E-state index in [1.807, 2.05) is 24.3 Å². The molecule has 6 heteroatoms. The van der Waals surface area contributed by atoms with E-state index in [1.165, 1.54) is 15.6 Å². The molecule has 2 aromatic heterocycles. The van der Waals surface area contributed by atoms with Crippen LogP contribution in [0.3, 0.4) is 0 Å².